The average molecular weight is 440 g/mol. The molecule has 4 rings (SSSR count). The van der Waals surface area contributed by atoms with Gasteiger partial charge in [-0.25, -0.2) is 14.0 Å². The molecule has 158 valence electrons. The first-order chi connectivity index (χ1) is 14.9. The zero-order chi connectivity index (χ0) is 22.0. The van der Waals surface area contributed by atoms with E-state index in [1.165, 1.54) is 12.1 Å². The van der Waals surface area contributed by atoms with Gasteiger partial charge >= 0.3 is 12.1 Å². The maximum atomic E-state index is 13.5. The number of carbonyl (C=O) groups is 2. The van der Waals surface area contributed by atoms with Crippen molar-refractivity contribution < 1.29 is 23.8 Å². The van der Waals surface area contributed by atoms with Crippen LogP contribution in [0.15, 0.2) is 66.7 Å². The topological polar surface area (TPSA) is 75.6 Å². The van der Waals surface area contributed by atoms with Gasteiger partial charge in [0.05, 0.1) is 0 Å². The summed E-state index contributed by atoms with van der Waals surface area (Å²) in [5.74, 6) is -1.95. The Morgan fingerprint density at radius 1 is 1.03 bits per heavy atom. The van der Waals surface area contributed by atoms with Crippen LogP contribution in [0, 0.1) is 5.82 Å². The zero-order valence-electron chi connectivity index (χ0n) is 16.3. The Balaban J connectivity index is 1.45. The van der Waals surface area contributed by atoms with Crippen LogP contribution in [0.25, 0.3) is 11.1 Å². The van der Waals surface area contributed by atoms with Crippen LogP contribution in [0.5, 0.6) is 0 Å². The van der Waals surface area contributed by atoms with Crippen LogP contribution in [0.4, 0.5) is 9.18 Å². The van der Waals surface area contributed by atoms with E-state index in [0.29, 0.717) is 0 Å². The fourth-order valence-corrected chi connectivity index (χ4v) is 4.10. The van der Waals surface area contributed by atoms with Crippen molar-refractivity contribution in [1.29, 1.82) is 0 Å². The van der Waals surface area contributed by atoms with E-state index < -0.39 is 23.9 Å². The van der Waals surface area contributed by atoms with E-state index in [0.717, 1.165) is 28.3 Å². The first-order valence-electron chi connectivity index (χ1n) is 9.72. The van der Waals surface area contributed by atoms with E-state index in [2.05, 4.69) is 5.32 Å². The average Bonchev–Trinajstić information content (AvgIpc) is 3.08. The van der Waals surface area contributed by atoms with Crippen molar-refractivity contribution in [3.63, 3.8) is 0 Å². The molecule has 31 heavy (non-hydrogen) atoms. The second-order valence-electron chi connectivity index (χ2n) is 7.30. The number of aliphatic carboxylic acids is 1. The highest BCUT2D eigenvalue weighted by atomic mass is 35.5. The van der Waals surface area contributed by atoms with Crippen molar-refractivity contribution in [2.45, 2.75) is 18.4 Å². The summed E-state index contributed by atoms with van der Waals surface area (Å²) in [4.78, 5) is 24.0. The molecule has 0 radical (unpaired) electrons. The summed E-state index contributed by atoms with van der Waals surface area (Å²) < 4.78 is 18.9. The second kappa shape index (κ2) is 8.78. The van der Waals surface area contributed by atoms with E-state index in [9.17, 15) is 19.1 Å². The molecule has 1 unspecified atom stereocenters. The van der Waals surface area contributed by atoms with Crippen LogP contribution in [0.1, 0.15) is 22.6 Å². The van der Waals surface area contributed by atoms with Gasteiger partial charge in [0.2, 0.25) is 0 Å². The van der Waals surface area contributed by atoms with Gasteiger partial charge < -0.3 is 15.2 Å². The largest absolute Gasteiger partial charge is 0.480 e. The molecule has 0 aromatic heterocycles. The van der Waals surface area contributed by atoms with E-state index in [1.54, 1.807) is 0 Å². The smallest absolute Gasteiger partial charge is 0.407 e. The molecule has 3 aromatic carbocycles. The first kappa shape index (κ1) is 20.9. The lowest BCUT2D eigenvalue weighted by Gasteiger charge is -2.18. The van der Waals surface area contributed by atoms with E-state index >= 15 is 0 Å². The SMILES string of the molecule is O=C(NC(Cc1cc(F)ccc1Cl)C(=O)O)OCC1c2ccccc2-c2ccccc21. The molecule has 1 amide bonds. The number of alkyl carbamates (subject to hydrolysis) is 1. The summed E-state index contributed by atoms with van der Waals surface area (Å²) in [7, 11) is 0. The van der Waals surface area contributed by atoms with Gasteiger partial charge in [0.15, 0.2) is 0 Å². The molecule has 1 aliphatic carbocycles. The number of hydrogen-bond donors (Lipinski definition) is 2. The predicted molar refractivity (Wildman–Crippen MR) is 115 cm³/mol. The van der Waals surface area contributed by atoms with Crippen LogP contribution < -0.4 is 5.32 Å². The van der Waals surface area contributed by atoms with Crippen molar-refractivity contribution in [1.82, 2.24) is 5.32 Å². The molecule has 2 N–H and O–H groups in total. The number of benzene rings is 3. The third kappa shape index (κ3) is 4.39. The summed E-state index contributed by atoms with van der Waals surface area (Å²) in [5.41, 5.74) is 4.58. The molecule has 0 saturated heterocycles. The molecule has 0 bridgehead atoms. The fraction of sp³-hybridized carbons (Fsp3) is 0.167. The Kier molecular flexibility index (Phi) is 5.91. The summed E-state index contributed by atoms with van der Waals surface area (Å²) >= 11 is 6.02. The van der Waals surface area contributed by atoms with Crippen molar-refractivity contribution >= 4 is 23.7 Å². The summed E-state index contributed by atoms with van der Waals surface area (Å²) in [6, 6.07) is 18.2. The maximum Gasteiger partial charge on any atom is 0.407 e. The number of amides is 1. The van der Waals surface area contributed by atoms with Gasteiger partial charge in [-0.05, 0) is 46.0 Å². The van der Waals surface area contributed by atoms with Crippen LogP contribution >= 0.6 is 11.6 Å². The number of rotatable bonds is 6. The highest BCUT2D eigenvalue weighted by Gasteiger charge is 2.30. The lowest BCUT2D eigenvalue weighted by Crippen LogP contribution is -2.43. The van der Waals surface area contributed by atoms with Crippen LogP contribution in [-0.4, -0.2) is 29.8 Å². The predicted octanol–water partition coefficient (Wildman–Crippen LogP) is 5.01. The van der Waals surface area contributed by atoms with E-state index in [-0.39, 0.29) is 29.5 Å². The maximum absolute atomic E-state index is 13.5. The van der Waals surface area contributed by atoms with Gasteiger partial charge in [0.25, 0.3) is 0 Å². The summed E-state index contributed by atoms with van der Waals surface area (Å²) in [6.45, 7) is 0.0624. The highest BCUT2D eigenvalue weighted by Crippen LogP contribution is 2.44. The number of halogens is 2. The van der Waals surface area contributed by atoms with Gasteiger partial charge in [0.1, 0.15) is 18.5 Å². The van der Waals surface area contributed by atoms with Crippen molar-refractivity contribution in [3.8, 4) is 11.1 Å². The molecule has 0 aliphatic heterocycles. The standard InChI is InChI=1S/C24H19ClFNO4/c25-21-10-9-15(26)11-14(21)12-22(23(28)29)27-24(30)31-13-20-18-7-3-1-5-16(18)17-6-2-4-8-19(17)20/h1-11,20,22H,12-13H2,(H,27,30)(H,28,29). The van der Waals surface area contributed by atoms with Crippen molar-refractivity contribution in [2.24, 2.45) is 0 Å². The third-order valence-electron chi connectivity index (χ3n) is 5.37. The summed E-state index contributed by atoms with van der Waals surface area (Å²) in [5, 5.41) is 12.0. The van der Waals surface area contributed by atoms with Crippen molar-refractivity contribution in [3.05, 3.63) is 94.3 Å². The number of hydrogen-bond acceptors (Lipinski definition) is 3. The zero-order valence-corrected chi connectivity index (χ0v) is 17.1. The monoisotopic (exact) mass is 439 g/mol. The van der Waals surface area contributed by atoms with Crippen LogP contribution in [0.3, 0.4) is 0 Å². The number of carboxylic acid groups (broad SMARTS) is 1. The minimum absolute atomic E-state index is 0.0624. The first-order valence-corrected chi connectivity index (χ1v) is 10.1. The molecule has 0 spiro atoms. The summed E-state index contributed by atoms with van der Waals surface area (Å²) in [6.07, 6.45) is -1.03. The Hall–Kier alpha value is -3.38. The highest BCUT2D eigenvalue weighted by molar-refractivity contribution is 6.31. The van der Waals surface area contributed by atoms with Crippen LogP contribution in [0.2, 0.25) is 5.02 Å². The molecule has 0 heterocycles. The molecule has 1 aliphatic rings. The van der Waals surface area contributed by atoms with Gasteiger partial charge in [-0.15, -0.1) is 0 Å². The number of carbonyl (C=O) groups excluding carboxylic acids is 1. The van der Waals surface area contributed by atoms with Gasteiger partial charge in [0, 0.05) is 17.4 Å². The van der Waals surface area contributed by atoms with Crippen LogP contribution in [-0.2, 0) is 16.0 Å². The van der Waals surface area contributed by atoms with E-state index in [4.69, 9.17) is 16.3 Å². The number of carboxylic acids is 1. The molecular formula is C24H19ClFNO4. The number of nitrogens with one attached hydrogen (secondary N) is 1. The second-order valence-corrected chi connectivity index (χ2v) is 7.71. The molecular weight excluding hydrogens is 421 g/mol. The third-order valence-corrected chi connectivity index (χ3v) is 5.73. The fourth-order valence-electron chi connectivity index (χ4n) is 3.90. The quantitative estimate of drug-likeness (QED) is 0.566. The molecule has 5 nitrogen and oxygen atoms in total. The Morgan fingerprint density at radius 3 is 2.26 bits per heavy atom. The number of ether oxygens (including phenoxy) is 1. The Morgan fingerprint density at radius 2 is 1.65 bits per heavy atom. The van der Waals surface area contributed by atoms with Gasteiger partial charge in [-0.1, -0.05) is 60.1 Å². The number of fused-ring (bicyclic) bond motifs is 3. The van der Waals surface area contributed by atoms with E-state index in [1.807, 2.05) is 48.5 Å². The Bertz CT molecular complexity index is 1100. The molecule has 1 atom stereocenters. The minimum Gasteiger partial charge on any atom is -0.480 e. The molecule has 3 aromatic rings. The minimum atomic E-state index is -1.31. The Labute approximate surface area is 183 Å². The lowest BCUT2D eigenvalue weighted by atomic mass is 9.98. The lowest BCUT2D eigenvalue weighted by molar-refractivity contribution is -0.139. The normalized spacial score (nSPS) is 13.2. The van der Waals surface area contributed by atoms with Gasteiger partial charge in [-0.3, -0.25) is 0 Å². The molecule has 0 saturated carbocycles. The molecule has 0 fully saturated rings. The molecule has 7 heteroatoms. The van der Waals surface area contributed by atoms with Crippen molar-refractivity contribution in [2.75, 3.05) is 6.61 Å². The van der Waals surface area contributed by atoms with Gasteiger partial charge in [-0.2, -0.15) is 0 Å².